The van der Waals surface area contributed by atoms with Crippen molar-refractivity contribution in [3.8, 4) is 28.2 Å². The van der Waals surface area contributed by atoms with Crippen LogP contribution in [0, 0.1) is 0 Å². The molecule has 6 aromatic rings. The minimum atomic E-state index is -4.84. The summed E-state index contributed by atoms with van der Waals surface area (Å²) in [5.41, 5.74) is 2.19. The lowest BCUT2D eigenvalue weighted by atomic mass is 10.0. The lowest BCUT2D eigenvalue weighted by Crippen LogP contribution is -2.14. The number of aromatic carboxylic acids is 1. The topological polar surface area (TPSA) is 125 Å². The van der Waals surface area contributed by atoms with Crippen LogP contribution in [0.3, 0.4) is 0 Å². The van der Waals surface area contributed by atoms with Crippen LogP contribution < -0.4 is 0 Å². The Labute approximate surface area is 199 Å². The number of nitrogens with zero attached hydrogens (tertiary/aromatic N) is 5. The molecule has 12 heteroatoms. The maximum absolute atomic E-state index is 13.5. The van der Waals surface area contributed by atoms with Crippen LogP contribution in [0.4, 0.5) is 13.2 Å². The smallest absolute Gasteiger partial charge is 0.417 e. The van der Waals surface area contributed by atoms with Gasteiger partial charge in [0.15, 0.2) is 0 Å². The van der Waals surface area contributed by atoms with Gasteiger partial charge in [0, 0.05) is 21.9 Å². The van der Waals surface area contributed by atoms with Gasteiger partial charge in [-0.05, 0) is 18.2 Å². The summed E-state index contributed by atoms with van der Waals surface area (Å²) in [6.45, 7) is 0. The van der Waals surface area contributed by atoms with Gasteiger partial charge in [-0.2, -0.15) is 28.6 Å². The van der Waals surface area contributed by atoms with E-state index in [-0.39, 0.29) is 5.69 Å². The number of para-hydroxylation sites is 2. The molecule has 3 heterocycles. The largest absolute Gasteiger partial charge is 0.478 e. The lowest BCUT2D eigenvalue weighted by Gasteiger charge is -2.11. The molecule has 3 N–H and O–H groups in total. The van der Waals surface area contributed by atoms with E-state index in [4.69, 9.17) is 5.11 Å². The number of benzene rings is 3. The number of aromatic nitrogens is 7. The molecule has 0 radical (unpaired) electrons. The van der Waals surface area contributed by atoms with Gasteiger partial charge in [-0.3, -0.25) is 0 Å². The molecule has 0 aliphatic carbocycles. The fourth-order valence-corrected chi connectivity index (χ4v) is 4.32. The third-order valence-electron chi connectivity index (χ3n) is 5.93. The van der Waals surface area contributed by atoms with Crippen LogP contribution in [0.25, 0.3) is 50.0 Å². The van der Waals surface area contributed by atoms with Gasteiger partial charge < -0.3 is 10.1 Å². The number of carbonyl (C=O) groups is 1. The van der Waals surface area contributed by atoms with Crippen LogP contribution in [-0.4, -0.2) is 46.5 Å². The molecule has 0 aliphatic heterocycles. The molecule has 6 rings (SSSR count). The van der Waals surface area contributed by atoms with E-state index in [9.17, 15) is 18.0 Å². The first-order valence-electron chi connectivity index (χ1n) is 10.6. The number of carboxylic acids is 1. The molecule has 0 aliphatic rings. The highest BCUT2D eigenvalue weighted by atomic mass is 19.4. The molecule has 0 saturated heterocycles. The van der Waals surface area contributed by atoms with Crippen molar-refractivity contribution in [1.29, 1.82) is 0 Å². The summed E-state index contributed by atoms with van der Waals surface area (Å²) in [7, 11) is 0. The second-order valence-corrected chi connectivity index (χ2v) is 8.02. The van der Waals surface area contributed by atoms with Gasteiger partial charge in [-0.15, -0.1) is 5.10 Å². The predicted molar refractivity (Wildman–Crippen MR) is 123 cm³/mol. The molecule has 0 spiro atoms. The van der Waals surface area contributed by atoms with Gasteiger partial charge in [0.05, 0.1) is 40.2 Å². The molecule has 0 bridgehead atoms. The van der Waals surface area contributed by atoms with E-state index >= 15 is 0 Å². The zero-order valence-corrected chi connectivity index (χ0v) is 18.1. The van der Waals surface area contributed by atoms with E-state index in [0.717, 1.165) is 39.5 Å². The van der Waals surface area contributed by atoms with Crippen molar-refractivity contribution in [2.75, 3.05) is 0 Å². The lowest BCUT2D eigenvalue weighted by molar-refractivity contribution is -0.138. The number of rotatable bonds is 4. The number of fused-ring (bicyclic) bond motifs is 3. The first kappa shape index (κ1) is 21.5. The van der Waals surface area contributed by atoms with E-state index < -0.39 is 23.3 Å². The van der Waals surface area contributed by atoms with Crippen molar-refractivity contribution in [3.05, 3.63) is 78.1 Å². The van der Waals surface area contributed by atoms with Crippen LogP contribution in [0.5, 0.6) is 0 Å². The Morgan fingerprint density at radius 2 is 1.64 bits per heavy atom. The van der Waals surface area contributed by atoms with Gasteiger partial charge in [0.1, 0.15) is 11.4 Å². The quantitative estimate of drug-likeness (QED) is 0.318. The molecule has 0 unspecified atom stereocenters. The Morgan fingerprint density at radius 1 is 0.944 bits per heavy atom. The fourth-order valence-electron chi connectivity index (χ4n) is 4.32. The number of alkyl halides is 3. The van der Waals surface area contributed by atoms with Crippen molar-refractivity contribution in [1.82, 2.24) is 35.4 Å². The number of hydrogen-bond donors (Lipinski definition) is 3. The first-order valence-corrected chi connectivity index (χ1v) is 10.6. The van der Waals surface area contributed by atoms with Crippen LogP contribution >= 0.6 is 0 Å². The van der Waals surface area contributed by atoms with E-state index in [1.54, 1.807) is 6.20 Å². The number of aromatic amines is 2. The van der Waals surface area contributed by atoms with Crippen molar-refractivity contribution in [2.24, 2.45) is 0 Å². The number of nitrogens with one attached hydrogen (secondary N) is 2. The molecular formula is C24H14F3N7O2. The first-order chi connectivity index (χ1) is 17.3. The minimum Gasteiger partial charge on any atom is -0.478 e. The average molecular weight is 489 g/mol. The molecule has 3 aromatic heterocycles. The van der Waals surface area contributed by atoms with Gasteiger partial charge >= 0.3 is 12.1 Å². The Hall–Kier alpha value is -5.00. The molecule has 0 atom stereocenters. The predicted octanol–water partition coefficient (Wildman–Crippen LogP) is 5.07. The highest BCUT2D eigenvalue weighted by molar-refractivity contribution is 6.14. The summed E-state index contributed by atoms with van der Waals surface area (Å²) in [4.78, 5) is 14.7. The van der Waals surface area contributed by atoms with Crippen molar-refractivity contribution in [3.63, 3.8) is 0 Å². The van der Waals surface area contributed by atoms with Crippen LogP contribution in [-0.2, 0) is 6.18 Å². The average Bonchev–Trinajstić information content (AvgIpc) is 3.62. The normalized spacial score (nSPS) is 12.0. The van der Waals surface area contributed by atoms with Crippen LogP contribution in [0.1, 0.15) is 15.9 Å². The van der Waals surface area contributed by atoms with Gasteiger partial charge in [-0.25, -0.2) is 9.48 Å². The second-order valence-electron chi connectivity index (χ2n) is 8.02. The SMILES string of the molecule is O=C(O)c1ccc(-n2cc(-c3cccc4c3[nH]c3c(-c5cn[nH]n5)cccc34)nn2)cc1C(F)(F)F. The van der Waals surface area contributed by atoms with Gasteiger partial charge in [0.2, 0.25) is 0 Å². The standard InChI is InChI=1S/C24H14F3N7O2/c25-24(26,27)18-9-12(7-8-15(18)23(35)36)34-11-20(31-33-34)17-6-2-4-14-13-3-1-5-16(19-10-28-32-30-19)21(13)29-22(14)17/h1-11,29H,(H,35,36)(H,28,30,32). The molecule has 0 saturated carbocycles. The number of carboxylic acid groups (broad SMARTS) is 1. The summed E-state index contributed by atoms with van der Waals surface area (Å²) in [5.74, 6) is -1.66. The summed E-state index contributed by atoms with van der Waals surface area (Å²) in [6, 6.07) is 14.4. The molecule has 3 aromatic carbocycles. The summed E-state index contributed by atoms with van der Waals surface area (Å²) >= 11 is 0. The Balaban J connectivity index is 1.48. The third kappa shape index (κ3) is 3.38. The monoisotopic (exact) mass is 489 g/mol. The highest BCUT2D eigenvalue weighted by Crippen LogP contribution is 2.37. The Bertz CT molecular complexity index is 1770. The summed E-state index contributed by atoms with van der Waals surface area (Å²) in [5, 5.41) is 29.8. The van der Waals surface area contributed by atoms with Crippen molar-refractivity contribution >= 4 is 27.8 Å². The number of hydrogen-bond acceptors (Lipinski definition) is 5. The number of halogens is 3. The maximum atomic E-state index is 13.5. The van der Waals surface area contributed by atoms with Gasteiger partial charge in [-0.1, -0.05) is 41.6 Å². The molecule has 178 valence electrons. The van der Waals surface area contributed by atoms with E-state index in [1.807, 2.05) is 36.4 Å². The van der Waals surface area contributed by atoms with E-state index in [1.165, 1.54) is 16.9 Å². The van der Waals surface area contributed by atoms with E-state index in [2.05, 4.69) is 30.7 Å². The maximum Gasteiger partial charge on any atom is 0.417 e. The van der Waals surface area contributed by atoms with Crippen LogP contribution in [0.15, 0.2) is 67.0 Å². The third-order valence-corrected chi connectivity index (χ3v) is 5.93. The number of H-pyrrole nitrogens is 2. The van der Waals surface area contributed by atoms with Crippen molar-refractivity contribution < 1.29 is 23.1 Å². The molecule has 0 amide bonds. The van der Waals surface area contributed by atoms with Crippen molar-refractivity contribution in [2.45, 2.75) is 6.18 Å². The molecular weight excluding hydrogens is 475 g/mol. The Kier molecular flexibility index (Phi) is 4.64. The van der Waals surface area contributed by atoms with Crippen LogP contribution in [0.2, 0.25) is 0 Å². The zero-order chi connectivity index (χ0) is 25.0. The zero-order valence-electron chi connectivity index (χ0n) is 18.1. The summed E-state index contributed by atoms with van der Waals surface area (Å²) in [6.07, 6.45) is -1.73. The molecule has 9 nitrogen and oxygen atoms in total. The summed E-state index contributed by atoms with van der Waals surface area (Å²) < 4.78 is 41.6. The fraction of sp³-hybridized carbons (Fsp3) is 0.0417. The van der Waals surface area contributed by atoms with E-state index in [0.29, 0.717) is 17.0 Å². The van der Waals surface area contributed by atoms with Gasteiger partial charge in [0.25, 0.3) is 0 Å². The minimum absolute atomic E-state index is 0.0308. The highest BCUT2D eigenvalue weighted by Gasteiger charge is 2.35. The molecule has 36 heavy (non-hydrogen) atoms. The molecule has 0 fully saturated rings. The second kappa shape index (κ2) is 7.77. The Morgan fingerprint density at radius 3 is 2.25 bits per heavy atom.